The molecule has 0 radical (unpaired) electrons. The number of aromatic nitrogens is 3. The second kappa shape index (κ2) is 3.48. The van der Waals surface area contributed by atoms with Gasteiger partial charge in [0.25, 0.3) is 0 Å². The molecule has 13 heavy (non-hydrogen) atoms. The van der Waals surface area contributed by atoms with Gasteiger partial charge in [0.15, 0.2) is 0 Å². The minimum absolute atomic E-state index is 0.655. The summed E-state index contributed by atoms with van der Waals surface area (Å²) in [5, 5.41) is 8.22. The fourth-order valence-corrected chi connectivity index (χ4v) is 2.32. The Balaban J connectivity index is 2.23. The van der Waals surface area contributed by atoms with E-state index in [-0.39, 0.29) is 0 Å². The molecule has 1 heterocycles. The SMILES string of the molecule is CCn1cnnc1C1CCCC1C. The lowest BCUT2D eigenvalue weighted by molar-refractivity contribution is 0.486. The van der Waals surface area contributed by atoms with Gasteiger partial charge in [-0.05, 0) is 25.7 Å². The molecule has 0 aliphatic heterocycles. The summed E-state index contributed by atoms with van der Waals surface area (Å²) < 4.78 is 2.17. The van der Waals surface area contributed by atoms with Gasteiger partial charge in [-0.2, -0.15) is 0 Å². The Labute approximate surface area is 79.2 Å². The smallest absolute Gasteiger partial charge is 0.136 e. The van der Waals surface area contributed by atoms with Crippen molar-refractivity contribution in [2.24, 2.45) is 5.92 Å². The lowest BCUT2D eigenvalue weighted by Gasteiger charge is -2.14. The maximum Gasteiger partial charge on any atom is 0.136 e. The lowest BCUT2D eigenvalue weighted by atomic mass is 9.97. The molecule has 1 aromatic heterocycles. The van der Waals surface area contributed by atoms with Crippen molar-refractivity contribution in [3.05, 3.63) is 12.2 Å². The minimum atomic E-state index is 0.655. The van der Waals surface area contributed by atoms with E-state index in [9.17, 15) is 0 Å². The van der Waals surface area contributed by atoms with Crippen LogP contribution in [0.1, 0.15) is 44.9 Å². The first kappa shape index (κ1) is 8.73. The Bertz CT molecular complexity index is 279. The van der Waals surface area contributed by atoms with Crippen LogP contribution < -0.4 is 0 Å². The van der Waals surface area contributed by atoms with Gasteiger partial charge in [-0.3, -0.25) is 0 Å². The van der Waals surface area contributed by atoms with Crippen LogP contribution >= 0.6 is 0 Å². The van der Waals surface area contributed by atoms with Crippen molar-refractivity contribution in [1.82, 2.24) is 14.8 Å². The largest absolute Gasteiger partial charge is 0.318 e. The van der Waals surface area contributed by atoms with Crippen molar-refractivity contribution < 1.29 is 0 Å². The lowest BCUT2D eigenvalue weighted by Crippen LogP contribution is -2.10. The Morgan fingerprint density at radius 3 is 3.00 bits per heavy atom. The predicted molar refractivity (Wildman–Crippen MR) is 51.5 cm³/mol. The van der Waals surface area contributed by atoms with Crippen molar-refractivity contribution >= 4 is 0 Å². The van der Waals surface area contributed by atoms with Crippen molar-refractivity contribution in [2.75, 3.05) is 0 Å². The first-order valence-corrected chi connectivity index (χ1v) is 5.20. The van der Waals surface area contributed by atoms with E-state index in [0.717, 1.165) is 12.5 Å². The highest BCUT2D eigenvalue weighted by atomic mass is 15.3. The summed E-state index contributed by atoms with van der Waals surface area (Å²) in [5.41, 5.74) is 0. The van der Waals surface area contributed by atoms with Gasteiger partial charge in [0.2, 0.25) is 0 Å². The summed E-state index contributed by atoms with van der Waals surface area (Å²) in [6.07, 6.45) is 5.84. The van der Waals surface area contributed by atoms with Crippen LogP contribution in [-0.4, -0.2) is 14.8 Å². The van der Waals surface area contributed by atoms with Crippen LogP contribution in [0.3, 0.4) is 0 Å². The molecule has 1 aliphatic rings. The summed E-state index contributed by atoms with van der Waals surface area (Å²) >= 11 is 0. The molecule has 0 N–H and O–H groups in total. The second-order valence-electron chi connectivity index (χ2n) is 3.99. The quantitative estimate of drug-likeness (QED) is 0.696. The van der Waals surface area contributed by atoms with Crippen molar-refractivity contribution in [3.8, 4) is 0 Å². The summed E-state index contributed by atoms with van der Waals surface area (Å²) in [6.45, 7) is 5.46. The summed E-state index contributed by atoms with van der Waals surface area (Å²) in [7, 11) is 0. The second-order valence-corrected chi connectivity index (χ2v) is 3.99. The maximum absolute atomic E-state index is 4.23. The van der Waals surface area contributed by atoms with E-state index >= 15 is 0 Å². The first-order valence-electron chi connectivity index (χ1n) is 5.20. The first-order chi connectivity index (χ1) is 6.33. The van der Waals surface area contributed by atoms with Gasteiger partial charge < -0.3 is 4.57 Å². The zero-order chi connectivity index (χ0) is 9.26. The molecular weight excluding hydrogens is 162 g/mol. The number of hydrogen-bond acceptors (Lipinski definition) is 2. The van der Waals surface area contributed by atoms with E-state index in [0.29, 0.717) is 5.92 Å². The third-order valence-electron chi connectivity index (χ3n) is 3.18. The molecule has 72 valence electrons. The zero-order valence-corrected chi connectivity index (χ0v) is 8.40. The molecule has 0 amide bonds. The predicted octanol–water partition coefficient (Wildman–Crippen LogP) is 2.20. The molecule has 0 spiro atoms. The molecule has 3 heteroatoms. The highest BCUT2D eigenvalue weighted by Crippen LogP contribution is 2.37. The van der Waals surface area contributed by atoms with Crippen molar-refractivity contribution in [1.29, 1.82) is 0 Å². The summed E-state index contributed by atoms with van der Waals surface area (Å²) in [5.74, 6) is 2.64. The van der Waals surface area contributed by atoms with Crippen LogP contribution in [0.4, 0.5) is 0 Å². The summed E-state index contributed by atoms with van der Waals surface area (Å²) in [6, 6.07) is 0. The standard InChI is InChI=1S/C10H17N3/c1-3-13-7-11-12-10(13)9-6-4-5-8(9)2/h7-9H,3-6H2,1-2H3. The van der Waals surface area contributed by atoms with Gasteiger partial charge in [0.05, 0.1) is 0 Å². The Morgan fingerprint density at radius 1 is 1.54 bits per heavy atom. The fraction of sp³-hybridized carbons (Fsp3) is 0.800. The number of aryl methyl sites for hydroxylation is 1. The molecular formula is C10H17N3. The molecule has 0 saturated heterocycles. The normalized spacial score (nSPS) is 28.2. The molecule has 0 aromatic carbocycles. The van der Waals surface area contributed by atoms with E-state index in [4.69, 9.17) is 0 Å². The Hall–Kier alpha value is -0.860. The third-order valence-corrected chi connectivity index (χ3v) is 3.18. The van der Waals surface area contributed by atoms with Crippen LogP contribution in [0.15, 0.2) is 6.33 Å². The van der Waals surface area contributed by atoms with Crippen molar-refractivity contribution in [2.45, 2.75) is 45.6 Å². The molecule has 2 atom stereocenters. The van der Waals surface area contributed by atoms with E-state index in [1.165, 1.54) is 25.1 Å². The van der Waals surface area contributed by atoms with Gasteiger partial charge >= 0.3 is 0 Å². The van der Waals surface area contributed by atoms with E-state index < -0.39 is 0 Å². The number of rotatable bonds is 2. The van der Waals surface area contributed by atoms with Crippen LogP contribution in [0, 0.1) is 5.92 Å². The van der Waals surface area contributed by atoms with Crippen LogP contribution in [0.2, 0.25) is 0 Å². The highest BCUT2D eigenvalue weighted by molar-refractivity contribution is 5.01. The fourth-order valence-electron chi connectivity index (χ4n) is 2.32. The molecule has 3 nitrogen and oxygen atoms in total. The molecule has 1 aromatic rings. The van der Waals surface area contributed by atoms with Gasteiger partial charge in [-0.25, -0.2) is 0 Å². The topological polar surface area (TPSA) is 30.7 Å². The van der Waals surface area contributed by atoms with Crippen LogP contribution in [0.5, 0.6) is 0 Å². The summed E-state index contributed by atoms with van der Waals surface area (Å²) in [4.78, 5) is 0. The van der Waals surface area contributed by atoms with Gasteiger partial charge in [-0.15, -0.1) is 10.2 Å². The van der Waals surface area contributed by atoms with E-state index in [1.54, 1.807) is 0 Å². The van der Waals surface area contributed by atoms with Crippen molar-refractivity contribution in [3.63, 3.8) is 0 Å². The zero-order valence-electron chi connectivity index (χ0n) is 8.40. The average molecular weight is 179 g/mol. The molecule has 1 aliphatic carbocycles. The van der Waals surface area contributed by atoms with E-state index in [1.807, 2.05) is 6.33 Å². The monoisotopic (exact) mass is 179 g/mol. The molecule has 1 saturated carbocycles. The Morgan fingerprint density at radius 2 is 2.38 bits per heavy atom. The third kappa shape index (κ3) is 1.47. The number of hydrogen-bond donors (Lipinski definition) is 0. The van der Waals surface area contributed by atoms with Gasteiger partial charge in [-0.1, -0.05) is 13.3 Å². The van der Waals surface area contributed by atoms with Crippen LogP contribution in [0.25, 0.3) is 0 Å². The van der Waals surface area contributed by atoms with Gasteiger partial charge in [0.1, 0.15) is 12.2 Å². The Kier molecular flexibility index (Phi) is 2.34. The highest BCUT2D eigenvalue weighted by Gasteiger charge is 2.28. The van der Waals surface area contributed by atoms with Crippen LogP contribution in [-0.2, 0) is 6.54 Å². The average Bonchev–Trinajstić information content (AvgIpc) is 2.71. The molecule has 1 fully saturated rings. The van der Waals surface area contributed by atoms with Gasteiger partial charge in [0, 0.05) is 12.5 Å². The molecule has 2 rings (SSSR count). The molecule has 0 bridgehead atoms. The molecule has 2 unspecified atom stereocenters. The maximum atomic E-state index is 4.23. The van der Waals surface area contributed by atoms with E-state index in [2.05, 4.69) is 28.6 Å². The number of nitrogens with zero attached hydrogens (tertiary/aromatic N) is 3. The minimum Gasteiger partial charge on any atom is -0.318 e.